The highest BCUT2D eigenvalue weighted by Crippen LogP contribution is 2.12. The summed E-state index contributed by atoms with van der Waals surface area (Å²) in [6.45, 7) is 3.90. The molecule has 1 aliphatic heterocycles. The lowest BCUT2D eigenvalue weighted by Crippen LogP contribution is -2.39. The first kappa shape index (κ1) is 11.2. The zero-order chi connectivity index (χ0) is 12.5. The number of rotatable bonds is 2. The van der Waals surface area contributed by atoms with Gasteiger partial charge in [-0.15, -0.1) is 0 Å². The molecule has 1 amide bonds. The summed E-state index contributed by atoms with van der Waals surface area (Å²) >= 11 is 0. The first-order valence-electron chi connectivity index (χ1n) is 6.04. The maximum atomic E-state index is 12.2. The lowest BCUT2D eigenvalue weighted by atomic mass is 10.1. The van der Waals surface area contributed by atoms with Gasteiger partial charge in [-0.1, -0.05) is 6.92 Å². The molecule has 0 radical (unpaired) electrons. The van der Waals surface area contributed by atoms with Gasteiger partial charge in [0.1, 0.15) is 0 Å². The van der Waals surface area contributed by atoms with Crippen LogP contribution in [0, 0.1) is 5.92 Å². The Morgan fingerprint density at radius 3 is 3.17 bits per heavy atom. The Kier molecular flexibility index (Phi) is 2.71. The average molecular weight is 245 g/mol. The molecule has 2 aromatic heterocycles. The van der Waals surface area contributed by atoms with Gasteiger partial charge in [-0.2, -0.15) is 5.10 Å². The first-order valence-corrected chi connectivity index (χ1v) is 6.04. The fourth-order valence-corrected chi connectivity index (χ4v) is 2.26. The summed E-state index contributed by atoms with van der Waals surface area (Å²) in [5, 5.41) is 10.4. The SMILES string of the molecule is CC1CNCC1NC(=O)c1cnn2ccncc12. The van der Waals surface area contributed by atoms with Gasteiger partial charge in [0.2, 0.25) is 0 Å². The smallest absolute Gasteiger partial charge is 0.255 e. The summed E-state index contributed by atoms with van der Waals surface area (Å²) < 4.78 is 1.65. The highest BCUT2D eigenvalue weighted by atomic mass is 16.1. The van der Waals surface area contributed by atoms with Gasteiger partial charge in [-0.25, -0.2) is 4.52 Å². The van der Waals surface area contributed by atoms with Crippen molar-refractivity contribution in [3.63, 3.8) is 0 Å². The van der Waals surface area contributed by atoms with Crippen LogP contribution in [0.25, 0.3) is 5.52 Å². The Morgan fingerprint density at radius 2 is 2.39 bits per heavy atom. The molecule has 0 aliphatic carbocycles. The van der Waals surface area contributed by atoms with Gasteiger partial charge < -0.3 is 10.6 Å². The van der Waals surface area contributed by atoms with E-state index in [2.05, 4.69) is 27.6 Å². The maximum absolute atomic E-state index is 12.2. The molecular weight excluding hydrogens is 230 g/mol. The number of carbonyl (C=O) groups excluding carboxylic acids is 1. The normalized spacial score (nSPS) is 23.4. The Bertz CT molecular complexity index is 579. The lowest BCUT2D eigenvalue weighted by molar-refractivity contribution is 0.0934. The molecule has 3 rings (SSSR count). The van der Waals surface area contributed by atoms with Crippen molar-refractivity contribution in [2.45, 2.75) is 13.0 Å². The lowest BCUT2D eigenvalue weighted by Gasteiger charge is -2.15. The van der Waals surface area contributed by atoms with E-state index in [0.717, 1.165) is 18.6 Å². The molecule has 18 heavy (non-hydrogen) atoms. The summed E-state index contributed by atoms with van der Waals surface area (Å²) in [5.74, 6) is 0.368. The minimum absolute atomic E-state index is 0.0847. The second-order valence-corrected chi connectivity index (χ2v) is 4.68. The number of hydrogen-bond acceptors (Lipinski definition) is 4. The second-order valence-electron chi connectivity index (χ2n) is 4.68. The molecule has 6 nitrogen and oxygen atoms in total. The Labute approximate surface area is 104 Å². The molecule has 2 N–H and O–H groups in total. The van der Waals surface area contributed by atoms with Crippen molar-refractivity contribution in [1.82, 2.24) is 25.2 Å². The van der Waals surface area contributed by atoms with Crippen LogP contribution < -0.4 is 10.6 Å². The maximum Gasteiger partial charge on any atom is 0.255 e. The number of fused-ring (bicyclic) bond motifs is 1. The Morgan fingerprint density at radius 1 is 1.50 bits per heavy atom. The van der Waals surface area contributed by atoms with Gasteiger partial charge in [0.25, 0.3) is 5.91 Å². The van der Waals surface area contributed by atoms with E-state index in [4.69, 9.17) is 0 Å². The van der Waals surface area contributed by atoms with Crippen molar-refractivity contribution in [1.29, 1.82) is 0 Å². The van der Waals surface area contributed by atoms with Crippen molar-refractivity contribution >= 4 is 11.4 Å². The van der Waals surface area contributed by atoms with Crippen LogP contribution in [0.2, 0.25) is 0 Å². The molecule has 0 spiro atoms. The van der Waals surface area contributed by atoms with Crippen LogP contribution in [0.1, 0.15) is 17.3 Å². The van der Waals surface area contributed by atoms with Crippen molar-refractivity contribution in [2.75, 3.05) is 13.1 Å². The third-order valence-corrected chi connectivity index (χ3v) is 3.40. The fourth-order valence-electron chi connectivity index (χ4n) is 2.26. The van der Waals surface area contributed by atoms with Crippen LogP contribution in [-0.4, -0.2) is 39.6 Å². The zero-order valence-electron chi connectivity index (χ0n) is 10.1. The highest BCUT2D eigenvalue weighted by Gasteiger charge is 2.25. The topological polar surface area (TPSA) is 71.3 Å². The van der Waals surface area contributed by atoms with Gasteiger partial charge in [-0.05, 0) is 12.5 Å². The van der Waals surface area contributed by atoms with Crippen LogP contribution in [-0.2, 0) is 0 Å². The van der Waals surface area contributed by atoms with E-state index in [0.29, 0.717) is 11.5 Å². The summed E-state index contributed by atoms with van der Waals surface area (Å²) in [6.07, 6.45) is 6.61. The Balaban J connectivity index is 1.84. The zero-order valence-corrected chi connectivity index (χ0v) is 10.1. The second kappa shape index (κ2) is 4.38. The molecule has 1 aliphatic rings. The molecule has 0 aromatic carbocycles. The Hall–Kier alpha value is -1.95. The van der Waals surface area contributed by atoms with E-state index in [1.807, 2.05) is 0 Å². The molecule has 2 unspecified atom stereocenters. The largest absolute Gasteiger partial charge is 0.348 e. The molecule has 2 atom stereocenters. The third-order valence-electron chi connectivity index (χ3n) is 3.40. The number of hydrogen-bond donors (Lipinski definition) is 2. The minimum atomic E-state index is -0.0847. The average Bonchev–Trinajstić information content (AvgIpc) is 2.96. The minimum Gasteiger partial charge on any atom is -0.348 e. The van der Waals surface area contributed by atoms with E-state index >= 15 is 0 Å². The predicted octanol–water partition coefficient (Wildman–Crippen LogP) is 0.0670. The summed E-state index contributed by atoms with van der Waals surface area (Å²) in [7, 11) is 0. The molecule has 6 heteroatoms. The van der Waals surface area contributed by atoms with Crippen LogP contribution >= 0.6 is 0 Å². The van der Waals surface area contributed by atoms with Gasteiger partial charge in [-0.3, -0.25) is 9.78 Å². The number of nitrogens with one attached hydrogen (secondary N) is 2. The molecule has 2 aromatic rings. The van der Waals surface area contributed by atoms with Gasteiger partial charge in [0.15, 0.2) is 0 Å². The van der Waals surface area contributed by atoms with E-state index in [9.17, 15) is 4.79 Å². The van der Waals surface area contributed by atoms with Gasteiger partial charge in [0.05, 0.1) is 23.5 Å². The van der Waals surface area contributed by atoms with Gasteiger partial charge in [0, 0.05) is 25.0 Å². The molecular formula is C12H15N5O. The molecule has 0 saturated carbocycles. The van der Waals surface area contributed by atoms with E-state index in [1.165, 1.54) is 0 Å². The molecule has 94 valence electrons. The predicted molar refractivity (Wildman–Crippen MR) is 66.3 cm³/mol. The molecule has 1 saturated heterocycles. The fraction of sp³-hybridized carbons (Fsp3) is 0.417. The van der Waals surface area contributed by atoms with Crippen molar-refractivity contribution in [3.8, 4) is 0 Å². The molecule has 1 fully saturated rings. The van der Waals surface area contributed by atoms with Crippen molar-refractivity contribution < 1.29 is 4.79 Å². The van der Waals surface area contributed by atoms with Crippen molar-refractivity contribution in [3.05, 3.63) is 30.4 Å². The quantitative estimate of drug-likeness (QED) is 0.785. The number of nitrogens with zero attached hydrogens (tertiary/aromatic N) is 3. The van der Waals surface area contributed by atoms with E-state index < -0.39 is 0 Å². The number of amides is 1. The highest BCUT2D eigenvalue weighted by molar-refractivity contribution is 6.00. The van der Waals surface area contributed by atoms with Crippen LogP contribution in [0.15, 0.2) is 24.8 Å². The summed E-state index contributed by atoms with van der Waals surface area (Å²) in [5.41, 5.74) is 1.30. The molecule has 3 heterocycles. The summed E-state index contributed by atoms with van der Waals surface area (Å²) in [6, 6.07) is 0.184. The van der Waals surface area contributed by atoms with Gasteiger partial charge >= 0.3 is 0 Å². The first-order chi connectivity index (χ1) is 8.75. The standard InChI is InChI=1S/C12H15N5O/c1-8-4-14-6-10(8)16-12(18)9-5-15-17-3-2-13-7-11(9)17/h2-3,5,7-8,10,14H,4,6H2,1H3,(H,16,18). The van der Waals surface area contributed by atoms with Crippen LogP contribution in [0.3, 0.4) is 0 Å². The van der Waals surface area contributed by atoms with E-state index in [1.54, 1.807) is 29.3 Å². The number of carbonyl (C=O) groups is 1. The van der Waals surface area contributed by atoms with Crippen LogP contribution in [0.4, 0.5) is 0 Å². The molecule has 0 bridgehead atoms. The van der Waals surface area contributed by atoms with Crippen LogP contribution in [0.5, 0.6) is 0 Å². The van der Waals surface area contributed by atoms with E-state index in [-0.39, 0.29) is 11.9 Å². The third kappa shape index (κ3) is 1.84. The van der Waals surface area contributed by atoms with Crippen molar-refractivity contribution in [2.24, 2.45) is 5.92 Å². The summed E-state index contributed by atoms with van der Waals surface area (Å²) in [4.78, 5) is 16.2. The number of aromatic nitrogens is 3. The monoisotopic (exact) mass is 245 g/mol.